The van der Waals surface area contributed by atoms with Gasteiger partial charge in [-0.1, -0.05) is 19.4 Å². The van der Waals surface area contributed by atoms with Gasteiger partial charge in [-0.2, -0.15) is 5.26 Å². The fourth-order valence-corrected chi connectivity index (χ4v) is 1.25. The van der Waals surface area contributed by atoms with Crippen LogP contribution < -0.4 is 0 Å². The molecule has 0 aliphatic rings. The molecule has 0 aliphatic heterocycles. The van der Waals surface area contributed by atoms with Crippen LogP contribution in [0.5, 0.6) is 5.75 Å². The van der Waals surface area contributed by atoms with Crippen molar-refractivity contribution in [2.45, 2.75) is 26.2 Å². The van der Waals surface area contributed by atoms with Gasteiger partial charge >= 0.3 is 0 Å². The van der Waals surface area contributed by atoms with Gasteiger partial charge in [0, 0.05) is 0 Å². The first-order valence-electron chi connectivity index (χ1n) is 4.50. The first-order valence-corrected chi connectivity index (χ1v) is 4.50. The van der Waals surface area contributed by atoms with Crippen LogP contribution >= 0.6 is 0 Å². The van der Waals surface area contributed by atoms with Gasteiger partial charge < -0.3 is 5.11 Å². The molecule has 2 nitrogen and oxygen atoms in total. The van der Waals surface area contributed by atoms with Crippen molar-refractivity contribution in [2.75, 3.05) is 0 Å². The smallest absolute Gasteiger partial charge is 0.116 e. The minimum Gasteiger partial charge on any atom is -0.508 e. The van der Waals surface area contributed by atoms with Crippen molar-refractivity contribution >= 4 is 0 Å². The molecule has 1 aromatic carbocycles. The summed E-state index contributed by atoms with van der Waals surface area (Å²) in [7, 11) is 0. The molecule has 68 valence electrons. The Morgan fingerprint density at radius 2 is 2.23 bits per heavy atom. The van der Waals surface area contributed by atoms with Crippen LogP contribution in [0.2, 0.25) is 0 Å². The topological polar surface area (TPSA) is 44.0 Å². The molecule has 0 radical (unpaired) electrons. The van der Waals surface area contributed by atoms with Gasteiger partial charge in [-0.15, -0.1) is 0 Å². The first-order chi connectivity index (χ1) is 6.27. The van der Waals surface area contributed by atoms with Crippen LogP contribution in [0.3, 0.4) is 0 Å². The number of nitriles is 1. The maximum atomic E-state index is 9.14. The standard InChI is InChI=1S/C11H13NO/c1-2-3-4-9-5-6-11(13)7-10(9)8-12/h5-7,13H,2-4H2,1H3. The van der Waals surface area contributed by atoms with E-state index in [9.17, 15) is 0 Å². The second kappa shape index (κ2) is 4.51. The molecule has 2 heteroatoms. The van der Waals surface area contributed by atoms with Gasteiger partial charge in [-0.05, 0) is 30.5 Å². The maximum Gasteiger partial charge on any atom is 0.116 e. The van der Waals surface area contributed by atoms with Crippen LogP contribution in [0.15, 0.2) is 18.2 Å². The molecule has 1 N–H and O–H groups in total. The van der Waals surface area contributed by atoms with E-state index >= 15 is 0 Å². The van der Waals surface area contributed by atoms with Crippen LogP contribution in [-0.2, 0) is 6.42 Å². The normalized spacial score (nSPS) is 9.54. The Morgan fingerprint density at radius 3 is 2.85 bits per heavy atom. The third-order valence-corrected chi connectivity index (χ3v) is 2.01. The highest BCUT2D eigenvalue weighted by atomic mass is 16.3. The zero-order valence-electron chi connectivity index (χ0n) is 7.75. The summed E-state index contributed by atoms with van der Waals surface area (Å²) in [5, 5.41) is 17.9. The molecule has 1 rings (SSSR count). The van der Waals surface area contributed by atoms with Crippen molar-refractivity contribution in [1.29, 1.82) is 5.26 Å². The third-order valence-electron chi connectivity index (χ3n) is 2.01. The van der Waals surface area contributed by atoms with Crippen molar-refractivity contribution in [3.05, 3.63) is 29.3 Å². The molecule has 0 saturated carbocycles. The molecular weight excluding hydrogens is 162 g/mol. The summed E-state index contributed by atoms with van der Waals surface area (Å²) in [6.45, 7) is 2.12. The van der Waals surface area contributed by atoms with Gasteiger partial charge in [-0.3, -0.25) is 0 Å². The number of rotatable bonds is 3. The van der Waals surface area contributed by atoms with E-state index in [1.54, 1.807) is 6.07 Å². The molecule has 13 heavy (non-hydrogen) atoms. The highest BCUT2D eigenvalue weighted by Crippen LogP contribution is 2.17. The van der Waals surface area contributed by atoms with Crippen molar-refractivity contribution in [2.24, 2.45) is 0 Å². The van der Waals surface area contributed by atoms with Gasteiger partial charge in [0.1, 0.15) is 5.75 Å². The van der Waals surface area contributed by atoms with E-state index in [1.807, 2.05) is 6.07 Å². The molecule has 1 aromatic rings. The van der Waals surface area contributed by atoms with Crippen LogP contribution in [0.4, 0.5) is 0 Å². The van der Waals surface area contributed by atoms with Crippen LogP contribution in [0, 0.1) is 11.3 Å². The molecule has 0 spiro atoms. The second-order valence-corrected chi connectivity index (χ2v) is 3.06. The summed E-state index contributed by atoms with van der Waals surface area (Å²) < 4.78 is 0. The SMILES string of the molecule is CCCCc1ccc(O)cc1C#N. The fraction of sp³-hybridized carbons (Fsp3) is 0.364. The molecule has 0 aromatic heterocycles. The molecule has 0 bridgehead atoms. The molecule has 0 fully saturated rings. The lowest BCUT2D eigenvalue weighted by molar-refractivity contribution is 0.475. The average Bonchev–Trinajstić information content (AvgIpc) is 2.16. The predicted molar refractivity (Wildman–Crippen MR) is 51.4 cm³/mol. The minimum absolute atomic E-state index is 0.164. The number of aromatic hydroxyl groups is 1. The second-order valence-electron chi connectivity index (χ2n) is 3.06. The lowest BCUT2D eigenvalue weighted by Crippen LogP contribution is -1.89. The van der Waals surface area contributed by atoms with Crippen molar-refractivity contribution < 1.29 is 5.11 Å². The Balaban J connectivity index is 2.88. The van der Waals surface area contributed by atoms with E-state index < -0.39 is 0 Å². The lowest BCUT2D eigenvalue weighted by atomic mass is 10.0. The summed E-state index contributed by atoms with van der Waals surface area (Å²) in [6.07, 6.45) is 3.12. The van der Waals surface area contributed by atoms with Crippen LogP contribution in [0.25, 0.3) is 0 Å². The Morgan fingerprint density at radius 1 is 1.46 bits per heavy atom. The Kier molecular flexibility index (Phi) is 3.33. The van der Waals surface area contributed by atoms with E-state index in [0.29, 0.717) is 5.56 Å². The quantitative estimate of drug-likeness (QED) is 0.767. The zero-order valence-corrected chi connectivity index (χ0v) is 7.75. The number of benzene rings is 1. The molecule has 0 aliphatic carbocycles. The fourth-order valence-electron chi connectivity index (χ4n) is 1.25. The highest BCUT2D eigenvalue weighted by Gasteiger charge is 2.01. The molecule has 0 amide bonds. The number of phenols is 1. The summed E-state index contributed by atoms with van der Waals surface area (Å²) in [4.78, 5) is 0. The highest BCUT2D eigenvalue weighted by molar-refractivity contribution is 5.42. The molecule has 0 saturated heterocycles. The molecule has 0 atom stereocenters. The number of unbranched alkanes of at least 4 members (excludes halogenated alkanes) is 1. The van der Waals surface area contributed by atoms with Crippen LogP contribution in [0.1, 0.15) is 30.9 Å². The van der Waals surface area contributed by atoms with Crippen molar-refractivity contribution in [3.63, 3.8) is 0 Å². The van der Waals surface area contributed by atoms with E-state index in [-0.39, 0.29) is 5.75 Å². The first kappa shape index (κ1) is 9.60. The summed E-state index contributed by atoms with van der Waals surface area (Å²) >= 11 is 0. The van der Waals surface area contributed by atoms with Gasteiger partial charge in [0.2, 0.25) is 0 Å². The Labute approximate surface area is 78.4 Å². The molecule has 0 unspecified atom stereocenters. The average molecular weight is 175 g/mol. The van der Waals surface area contributed by atoms with Gasteiger partial charge in [-0.25, -0.2) is 0 Å². The summed E-state index contributed by atoms with van der Waals surface area (Å²) in [5.41, 5.74) is 1.62. The van der Waals surface area contributed by atoms with Crippen LogP contribution in [-0.4, -0.2) is 5.11 Å². The predicted octanol–water partition coefficient (Wildman–Crippen LogP) is 2.61. The monoisotopic (exact) mass is 175 g/mol. The number of hydrogen-bond donors (Lipinski definition) is 1. The Hall–Kier alpha value is -1.49. The van der Waals surface area contributed by atoms with Gasteiger partial charge in [0.15, 0.2) is 0 Å². The van der Waals surface area contributed by atoms with Gasteiger partial charge in [0.25, 0.3) is 0 Å². The number of phenolic OH excluding ortho intramolecular Hbond substituents is 1. The number of aryl methyl sites for hydroxylation is 1. The summed E-state index contributed by atoms with van der Waals surface area (Å²) in [6, 6.07) is 7.06. The van der Waals surface area contributed by atoms with E-state index in [2.05, 4.69) is 13.0 Å². The zero-order chi connectivity index (χ0) is 9.68. The third kappa shape index (κ3) is 2.48. The van der Waals surface area contributed by atoms with Crippen molar-refractivity contribution in [3.8, 4) is 11.8 Å². The minimum atomic E-state index is 0.164. The lowest BCUT2D eigenvalue weighted by Gasteiger charge is -2.02. The van der Waals surface area contributed by atoms with E-state index in [4.69, 9.17) is 10.4 Å². The maximum absolute atomic E-state index is 9.14. The molecular formula is C11H13NO. The van der Waals surface area contributed by atoms with Crippen molar-refractivity contribution in [1.82, 2.24) is 0 Å². The summed E-state index contributed by atoms with van der Waals surface area (Å²) in [5.74, 6) is 0.164. The Bertz CT molecular complexity index is 325. The molecule has 0 heterocycles. The number of hydrogen-bond acceptors (Lipinski definition) is 2. The largest absolute Gasteiger partial charge is 0.508 e. The van der Waals surface area contributed by atoms with Gasteiger partial charge in [0.05, 0.1) is 11.6 Å². The van der Waals surface area contributed by atoms with E-state index in [1.165, 1.54) is 6.07 Å². The number of nitrogens with zero attached hydrogens (tertiary/aromatic N) is 1. The van der Waals surface area contributed by atoms with E-state index in [0.717, 1.165) is 24.8 Å².